The van der Waals surface area contributed by atoms with Gasteiger partial charge < -0.3 is 15.2 Å². The van der Waals surface area contributed by atoms with Crippen LogP contribution in [-0.2, 0) is 11.3 Å². The summed E-state index contributed by atoms with van der Waals surface area (Å²) in [5, 5.41) is 15.1. The SMILES string of the molecule is C=CCn1c(SCC(=O)Nc2c(C)cc(C)cc2C)nnc1[C@H](C)NC(=O)c1ccc(C)cc1. The van der Waals surface area contributed by atoms with Gasteiger partial charge in [-0.25, -0.2) is 0 Å². The van der Waals surface area contributed by atoms with Crippen LogP contribution >= 0.6 is 11.8 Å². The van der Waals surface area contributed by atoms with Crippen LogP contribution < -0.4 is 10.6 Å². The van der Waals surface area contributed by atoms with Crippen molar-refractivity contribution in [2.75, 3.05) is 11.1 Å². The number of carbonyl (C=O) groups is 2. The Hall–Kier alpha value is -3.39. The van der Waals surface area contributed by atoms with E-state index in [1.54, 1.807) is 18.2 Å². The summed E-state index contributed by atoms with van der Waals surface area (Å²) in [7, 11) is 0. The van der Waals surface area contributed by atoms with E-state index in [1.165, 1.54) is 11.8 Å². The highest BCUT2D eigenvalue weighted by Crippen LogP contribution is 2.24. The molecule has 1 heterocycles. The normalized spacial score (nSPS) is 11.7. The van der Waals surface area contributed by atoms with Crippen LogP contribution in [0.3, 0.4) is 0 Å². The molecule has 0 aliphatic rings. The lowest BCUT2D eigenvalue weighted by molar-refractivity contribution is -0.113. The first-order valence-electron chi connectivity index (χ1n) is 11.1. The Labute approximate surface area is 205 Å². The highest BCUT2D eigenvalue weighted by molar-refractivity contribution is 7.99. The van der Waals surface area contributed by atoms with Crippen molar-refractivity contribution in [3.05, 3.63) is 82.7 Å². The summed E-state index contributed by atoms with van der Waals surface area (Å²) in [6, 6.07) is 11.1. The van der Waals surface area contributed by atoms with Gasteiger partial charge in [0.15, 0.2) is 11.0 Å². The van der Waals surface area contributed by atoms with Crippen molar-refractivity contribution in [2.45, 2.75) is 52.4 Å². The van der Waals surface area contributed by atoms with Crippen molar-refractivity contribution in [3.63, 3.8) is 0 Å². The van der Waals surface area contributed by atoms with Gasteiger partial charge in [0, 0.05) is 17.8 Å². The minimum Gasteiger partial charge on any atom is -0.342 e. The number of nitrogens with zero attached hydrogens (tertiary/aromatic N) is 3. The first-order chi connectivity index (χ1) is 16.2. The van der Waals surface area contributed by atoms with Gasteiger partial charge in [-0.2, -0.15) is 0 Å². The molecule has 178 valence electrons. The fraction of sp³-hybridized carbons (Fsp3) is 0.308. The van der Waals surface area contributed by atoms with Gasteiger partial charge in [-0.05, 0) is 57.9 Å². The number of allylic oxidation sites excluding steroid dienone is 1. The third kappa shape index (κ3) is 6.14. The fourth-order valence-electron chi connectivity index (χ4n) is 3.76. The molecule has 0 saturated carbocycles. The number of aryl methyl sites for hydroxylation is 4. The van der Waals surface area contributed by atoms with Crippen LogP contribution in [0.1, 0.15) is 51.4 Å². The number of thioether (sulfide) groups is 1. The number of benzene rings is 2. The average molecular weight is 478 g/mol. The lowest BCUT2D eigenvalue weighted by Crippen LogP contribution is -2.28. The molecule has 2 aromatic carbocycles. The number of hydrogen-bond acceptors (Lipinski definition) is 5. The Morgan fingerprint density at radius 3 is 2.32 bits per heavy atom. The molecule has 0 saturated heterocycles. The van der Waals surface area contributed by atoms with Gasteiger partial charge in [-0.15, -0.1) is 16.8 Å². The molecule has 0 fully saturated rings. The molecule has 0 aliphatic carbocycles. The smallest absolute Gasteiger partial charge is 0.251 e. The molecule has 0 radical (unpaired) electrons. The highest BCUT2D eigenvalue weighted by atomic mass is 32.2. The minimum atomic E-state index is -0.373. The van der Waals surface area contributed by atoms with E-state index in [1.807, 2.05) is 51.3 Å². The Kier molecular flexibility index (Phi) is 8.28. The third-order valence-corrected chi connectivity index (χ3v) is 6.35. The first kappa shape index (κ1) is 25.2. The molecular formula is C26H31N5O2S. The van der Waals surface area contributed by atoms with E-state index in [4.69, 9.17) is 0 Å². The zero-order chi connectivity index (χ0) is 24.8. The van der Waals surface area contributed by atoms with Crippen molar-refractivity contribution in [3.8, 4) is 0 Å². The molecule has 0 bridgehead atoms. The van der Waals surface area contributed by atoms with Gasteiger partial charge in [0.2, 0.25) is 5.91 Å². The van der Waals surface area contributed by atoms with E-state index in [2.05, 4.69) is 39.5 Å². The van der Waals surface area contributed by atoms with Gasteiger partial charge >= 0.3 is 0 Å². The molecule has 1 aromatic heterocycles. The molecule has 0 aliphatic heterocycles. The van der Waals surface area contributed by atoms with Gasteiger partial charge in [0.25, 0.3) is 5.91 Å². The van der Waals surface area contributed by atoms with Crippen LogP contribution in [0.25, 0.3) is 0 Å². The predicted octanol–water partition coefficient (Wildman–Crippen LogP) is 4.92. The van der Waals surface area contributed by atoms with E-state index in [0.29, 0.717) is 23.1 Å². The number of aromatic nitrogens is 3. The molecule has 34 heavy (non-hydrogen) atoms. The second-order valence-corrected chi connectivity index (χ2v) is 9.35. The summed E-state index contributed by atoms with van der Waals surface area (Å²) in [6.07, 6.45) is 1.74. The molecule has 0 unspecified atom stereocenters. The van der Waals surface area contributed by atoms with Gasteiger partial charge in [0.1, 0.15) is 0 Å². The van der Waals surface area contributed by atoms with E-state index in [0.717, 1.165) is 27.9 Å². The van der Waals surface area contributed by atoms with Crippen molar-refractivity contribution < 1.29 is 9.59 Å². The molecule has 8 heteroatoms. The standard InChI is InChI=1S/C26H31N5O2S/c1-7-12-31-24(20(6)27-25(33)21-10-8-16(2)9-11-21)29-30-26(31)34-15-22(32)28-23-18(4)13-17(3)14-19(23)5/h7-11,13-14,20H,1,12,15H2,2-6H3,(H,27,33)(H,28,32)/t20-/m0/s1. The van der Waals surface area contributed by atoms with Crippen molar-refractivity contribution >= 4 is 29.3 Å². The largest absolute Gasteiger partial charge is 0.342 e. The lowest BCUT2D eigenvalue weighted by Gasteiger charge is -2.15. The van der Waals surface area contributed by atoms with Crippen LogP contribution in [0.15, 0.2) is 54.2 Å². The third-order valence-electron chi connectivity index (χ3n) is 5.38. The molecule has 7 nitrogen and oxygen atoms in total. The summed E-state index contributed by atoms with van der Waals surface area (Å²) < 4.78 is 1.87. The zero-order valence-corrected chi connectivity index (χ0v) is 21.1. The summed E-state index contributed by atoms with van der Waals surface area (Å²) in [5.74, 6) is 0.494. The molecule has 3 aromatic rings. The molecule has 1 atom stereocenters. The molecule has 2 N–H and O–H groups in total. The Morgan fingerprint density at radius 2 is 1.71 bits per heavy atom. The van der Waals surface area contributed by atoms with E-state index in [9.17, 15) is 9.59 Å². The van der Waals surface area contributed by atoms with Crippen LogP contribution in [0.4, 0.5) is 5.69 Å². The van der Waals surface area contributed by atoms with Crippen molar-refractivity contribution in [2.24, 2.45) is 0 Å². The maximum Gasteiger partial charge on any atom is 0.251 e. The lowest BCUT2D eigenvalue weighted by atomic mass is 10.1. The van der Waals surface area contributed by atoms with Crippen LogP contribution in [0.2, 0.25) is 0 Å². The van der Waals surface area contributed by atoms with Crippen molar-refractivity contribution in [1.82, 2.24) is 20.1 Å². The Balaban J connectivity index is 1.68. The summed E-state index contributed by atoms with van der Waals surface area (Å²) in [4.78, 5) is 25.3. The zero-order valence-electron chi connectivity index (χ0n) is 20.3. The topological polar surface area (TPSA) is 88.9 Å². The van der Waals surface area contributed by atoms with Gasteiger partial charge in [-0.1, -0.05) is 53.2 Å². The first-order valence-corrected chi connectivity index (χ1v) is 12.1. The maximum atomic E-state index is 12.6. The monoisotopic (exact) mass is 477 g/mol. The number of rotatable bonds is 9. The number of nitrogens with one attached hydrogen (secondary N) is 2. The van der Waals surface area contributed by atoms with E-state index >= 15 is 0 Å². The van der Waals surface area contributed by atoms with Crippen LogP contribution in [0.5, 0.6) is 0 Å². The number of amides is 2. The predicted molar refractivity (Wildman–Crippen MR) is 137 cm³/mol. The fourth-order valence-corrected chi connectivity index (χ4v) is 4.51. The summed E-state index contributed by atoms with van der Waals surface area (Å²) in [5.41, 5.74) is 5.75. The quantitative estimate of drug-likeness (QED) is 0.337. The molecule has 2 amide bonds. The molecule has 3 rings (SSSR count). The number of carbonyl (C=O) groups excluding carboxylic acids is 2. The van der Waals surface area contributed by atoms with Crippen LogP contribution in [-0.4, -0.2) is 32.3 Å². The summed E-state index contributed by atoms with van der Waals surface area (Å²) in [6.45, 7) is 14.1. The van der Waals surface area contributed by atoms with E-state index in [-0.39, 0.29) is 23.6 Å². The average Bonchev–Trinajstić information content (AvgIpc) is 3.18. The number of hydrogen-bond donors (Lipinski definition) is 2. The second kappa shape index (κ2) is 11.2. The van der Waals surface area contributed by atoms with Gasteiger partial charge in [-0.3, -0.25) is 9.59 Å². The Bertz CT molecular complexity index is 1180. The highest BCUT2D eigenvalue weighted by Gasteiger charge is 2.20. The minimum absolute atomic E-state index is 0.115. The van der Waals surface area contributed by atoms with Crippen molar-refractivity contribution in [1.29, 1.82) is 0 Å². The Morgan fingerprint density at radius 1 is 1.06 bits per heavy atom. The van der Waals surface area contributed by atoms with Crippen LogP contribution in [0, 0.1) is 27.7 Å². The summed E-state index contributed by atoms with van der Waals surface area (Å²) >= 11 is 1.30. The van der Waals surface area contributed by atoms with Gasteiger partial charge in [0.05, 0.1) is 11.8 Å². The maximum absolute atomic E-state index is 12.6. The molecular weight excluding hydrogens is 446 g/mol. The second-order valence-electron chi connectivity index (χ2n) is 8.41. The number of anilines is 1. The van der Waals surface area contributed by atoms with E-state index < -0.39 is 0 Å². The molecule has 0 spiro atoms.